The van der Waals surface area contributed by atoms with Crippen LogP contribution in [-0.2, 0) is 11.3 Å². The van der Waals surface area contributed by atoms with Crippen LogP contribution >= 0.6 is 0 Å². The van der Waals surface area contributed by atoms with Crippen LogP contribution in [0.15, 0.2) is 42.9 Å². The summed E-state index contributed by atoms with van der Waals surface area (Å²) in [5.41, 5.74) is 2.62. The van der Waals surface area contributed by atoms with Gasteiger partial charge >= 0.3 is 6.03 Å². The number of carbonyl (C=O) groups is 1. The number of hydrogen-bond acceptors (Lipinski definition) is 5. The van der Waals surface area contributed by atoms with Gasteiger partial charge in [0.1, 0.15) is 6.33 Å². The lowest BCUT2D eigenvalue weighted by Gasteiger charge is -2.15. The monoisotopic (exact) mass is 369 g/mol. The summed E-state index contributed by atoms with van der Waals surface area (Å²) in [4.78, 5) is 12.3. The molecule has 2 amide bonds. The van der Waals surface area contributed by atoms with E-state index in [1.54, 1.807) is 19.6 Å². The minimum atomic E-state index is -0.303. The van der Waals surface area contributed by atoms with Crippen LogP contribution in [0.1, 0.15) is 25.2 Å². The van der Waals surface area contributed by atoms with Gasteiger partial charge in [0.15, 0.2) is 5.82 Å². The number of H-pyrrole nitrogens is 1. The maximum atomic E-state index is 12.3. The fourth-order valence-electron chi connectivity index (χ4n) is 2.73. The molecular weight excluding hydrogens is 346 g/mol. The van der Waals surface area contributed by atoms with Crippen LogP contribution in [0.2, 0.25) is 0 Å². The molecule has 0 fully saturated rings. The molecule has 0 saturated heterocycles. The molecule has 27 heavy (non-hydrogen) atoms. The third kappa shape index (κ3) is 4.91. The van der Waals surface area contributed by atoms with E-state index in [1.165, 1.54) is 0 Å². The number of hydrogen-bond donors (Lipinski definition) is 3. The van der Waals surface area contributed by atoms with Crippen molar-refractivity contribution in [3.05, 3.63) is 48.7 Å². The van der Waals surface area contributed by atoms with Crippen molar-refractivity contribution >= 4 is 11.7 Å². The van der Waals surface area contributed by atoms with Crippen LogP contribution in [0, 0.1) is 0 Å². The zero-order valence-corrected chi connectivity index (χ0v) is 15.3. The molecule has 0 aliphatic heterocycles. The second-order valence-corrected chi connectivity index (χ2v) is 6.10. The van der Waals surface area contributed by atoms with Crippen LogP contribution in [0.4, 0.5) is 10.5 Å². The summed E-state index contributed by atoms with van der Waals surface area (Å²) in [5, 5.41) is 20.6. The SMILES string of the molecule is COCCCn1cnnc1[C@@H](C)NC(=O)Nc1ccc(-c2ccn[nH]2)cc1. The zero-order chi connectivity index (χ0) is 19.1. The molecule has 0 bridgehead atoms. The summed E-state index contributed by atoms with van der Waals surface area (Å²) >= 11 is 0. The number of nitrogens with zero attached hydrogens (tertiary/aromatic N) is 4. The van der Waals surface area contributed by atoms with E-state index in [0.29, 0.717) is 18.1 Å². The third-order valence-electron chi connectivity index (χ3n) is 4.08. The molecule has 142 valence electrons. The maximum Gasteiger partial charge on any atom is 0.319 e. The Balaban J connectivity index is 1.55. The fourth-order valence-corrected chi connectivity index (χ4v) is 2.73. The van der Waals surface area contributed by atoms with Crippen LogP contribution in [0.5, 0.6) is 0 Å². The predicted octanol–water partition coefficient (Wildman–Crippen LogP) is 2.59. The number of ether oxygens (including phenoxy) is 1. The molecule has 0 unspecified atom stereocenters. The van der Waals surface area contributed by atoms with Crippen molar-refractivity contribution < 1.29 is 9.53 Å². The Morgan fingerprint density at radius 3 is 2.81 bits per heavy atom. The van der Waals surface area contributed by atoms with E-state index in [1.807, 2.05) is 41.8 Å². The molecule has 1 atom stereocenters. The molecule has 1 aromatic carbocycles. The number of aromatic amines is 1. The van der Waals surface area contributed by atoms with Crippen molar-refractivity contribution in [2.75, 3.05) is 19.0 Å². The first-order chi connectivity index (χ1) is 13.2. The van der Waals surface area contributed by atoms with Crippen LogP contribution in [-0.4, -0.2) is 44.7 Å². The highest BCUT2D eigenvalue weighted by atomic mass is 16.5. The third-order valence-corrected chi connectivity index (χ3v) is 4.08. The van der Waals surface area contributed by atoms with Gasteiger partial charge in [-0.2, -0.15) is 5.10 Å². The van der Waals surface area contributed by atoms with Crippen molar-refractivity contribution in [1.29, 1.82) is 0 Å². The Hall–Kier alpha value is -3.20. The van der Waals surface area contributed by atoms with Crippen molar-refractivity contribution in [2.45, 2.75) is 25.9 Å². The summed E-state index contributed by atoms with van der Waals surface area (Å²) in [6, 6.07) is 8.82. The first kappa shape index (κ1) is 18.6. The molecule has 0 saturated carbocycles. The predicted molar refractivity (Wildman–Crippen MR) is 101 cm³/mol. The van der Waals surface area contributed by atoms with Crippen molar-refractivity contribution in [3.63, 3.8) is 0 Å². The van der Waals surface area contributed by atoms with E-state index >= 15 is 0 Å². The lowest BCUT2D eigenvalue weighted by atomic mass is 10.1. The molecule has 0 aliphatic rings. The first-order valence-corrected chi connectivity index (χ1v) is 8.71. The van der Waals surface area contributed by atoms with Crippen LogP contribution < -0.4 is 10.6 Å². The lowest BCUT2D eigenvalue weighted by molar-refractivity contribution is 0.189. The molecule has 3 N–H and O–H groups in total. The number of carbonyl (C=O) groups excluding carboxylic acids is 1. The molecule has 3 aromatic rings. The molecular formula is C18H23N7O2. The quantitative estimate of drug-likeness (QED) is 0.529. The number of benzene rings is 1. The molecule has 9 heteroatoms. The van der Waals surface area contributed by atoms with Gasteiger partial charge in [0, 0.05) is 32.1 Å². The average Bonchev–Trinajstić information content (AvgIpc) is 3.34. The normalized spacial score (nSPS) is 11.9. The molecule has 0 spiro atoms. The van der Waals surface area contributed by atoms with Gasteiger partial charge in [-0.25, -0.2) is 4.79 Å². The Morgan fingerprint density at radius 1 is 1.30 bits per heavy atom. The topological polar surface area (TPSA) is 110 Å². The number of aryl methyl sites for hydroxylation is 1. The Kier molecular flexibility index (Phi) is 6.16. The largest absolute Gasteiger partial charge is 0.385 e. The Labute approximate surface area is 157 Å². The Morgan fingerprint density at radius 2 is 2.11 bits per heavy atom. The fraction of sp³-hybridized carbons (Fsp3) is 0.333. The summed E-state index contributed by atoms with van der Waals surface area (Å²) in [5.74, 6) is 0.704. The molecule has 2 aromatic heterocycles. The highest BCUT2D eigenvalue weighted by Crippen LogP contribution is 2.19. The van der Waals surface area contributed by atoms with E-state index in [9.17, 15) is 4.79 Å². The number of nitrogens with one attached hydrogen (secondary N) is 3. The summed E-state index contributed by atoms with van der Waals surface area (Å²) in [6.45, 7) is 3.27. The van der Waals surface area contributed by atoms with E-state index in [2.05, 4.69) is 31.0 Å². The van der Waals surface area contributed by atoms with Gasteiger partial charge in [-0.05, 0) is 37.1 Å². The van der Waals surface area contributed by atoms with Gasteiger partial charge in [0.2, 0.25) is 0 Å². The standard InChI is InChI=1S/C18H23N7O2/c1-13(17-24-20-12-25(17)10-3-11-27-2)21-18(26)22-15-6-4-14(5-7-15)16-8-9-19-23-16/h4-9,12-13H,3,10-11H2,1-2H3,(H,19,23)(H2,21,22,26)/t13-/m1/s1. The minimum absolute atomic E-state index is 0.278. The van der Waals surface area contributed by atoms with E-state index in [0.717, 1.165) is 24.2 Å². The van der Waals surface area contributed by atoms with Gasteiger partial charge in [0.25, 0.3) is 0 Å². The number of methoxy groups -OCH3 is 1. The van der Waals surface area contributed by atoms with E-state index in [-0.39, 0.29) is 12.1 Å². The number of amides is 2. The van der Waals surface area contributed by atoms with Gasteiger partial charge in [-0.1, -0.05) is 12.1 Å². The second kappa shape index (κ2) is 8.95. The summed E-state index contributed by atoms with van der Waals surface area (Å²) < 4.78 is 6.98. The van der Waals surface area contributed by atoms with Crippen LogP contribution in [0.25, 0.3) is 11.3 Å². The maximum absolute atomic E-state index is 12.3. The summed E-state index contributed by atoms with van der Waals surface area (Å²) in [6.07, 6.45) is 4.21. The van der Waals surface area contributed by atoms with Crippen molar-refractivity contribution in [1.82, 2.24) is 30.3 Å². The second-order valence-electron chi connectivity index (χ2n) is 6.10. The lowest BCUT2D eigenvalue weighted by Crippen LogP contribution is -2.32. The van der Waals surface area contributed by atoms with Crippen LogP contribution in [0.3, 0.4) is 0 Å². The molecule has 0 aliphatic carbocycles. The highest BCUT2D eigenvalue weighted by molar-refractivity contribution is 5.89. The van der Waals surface area contributed by atoms with E-state index < -0.39 is 0 Å². The number of urea groups is 1. The van der Waals surface area contributed by atoms with Crippen molar-refractivity contribution in [3.8, 4) is 11.3 Å². The summed E-state index contributed by atoms with van der Waals surface area (Å²) in [7, 11) is 1.67. The van der Waals surface area contributed by atoms with Gasteiger partial charge in [0.05, 0.1) is 11.7 Å². The number of aromatic nitrogens is 5. The number of anilines is 1. The molecule has 0 radical (unpaired) electrons. The highest BCUT2D eigenvalue weighted by Gasteiger charge is 2.15. The van der Waals surface area contributed by atoms with Gasteiger partial charge in [-0.15, -0.1) is 10.2 Å². The average molecular weight is 369 g/mol. The van der Waals surface area contributed by atoms with Crippen molar-refractivity contribution in [2.24, 2.45) is 0 Å². The molecule has 9 nitrogen and oxygen atoms in total. The van der Waals surface area contributed by atoms with Gasteiger partial charge < -0.3 is 19.9 Å². The van der Waals surface area contributed by atoms with Gasteiger partial charge in [-0.3, -0.25) is 5.10 Å². The Bertz CT molecular complexity index is 843. The number of rotatable bonds is 8. The molecule has 3 rings (SSSR count). The molecule has 2 heterocycles. The van der Waals surface area contributed by atoms with E-state index in [4.69, 9.17) is 4.74 Å². The smallest absolute Gasteiger partial charge is 0.319 e. The first-order valence-electron chi connectivity index (χ1n) is 8.71. The minimum Gasteiger partial charge on any atom is -0.385 e. The zero-order valence-electron chi connectivity index (χ0n) is 15.3.